The quantitative estimate of drug-likeness (QED) is 0.396. The smallest absolute Gasteiger partial charge is 0.140 e. The predicted molar refractivity (Wildman–Crippen MR) is 15.2 cm³/mol. The molecule has 0 fully saturated rings. The normalized spacial score (nSPS) is 17.6. The van der Waals surface area contributed by atoms with Crippen molar-refractivity contribution >= 4 is 0 Å². The summed E-state index contributed by atoms with van der Waals surface area (Å²) in [5, 5.41) is 0. The van der Waals surface area contributed by atoms with Crippen LogP contribution in [0.25, 0.3) is 0 Å². The maximum Gasteiger partial charge on any atom is 0.140 e. The van der Waals surface area contributed by atoms with Gasteiger partial charge < -0.3 is 4.84 Å². The van der Waals surface area contributed by atoms with E-state index < -0.39 is 0 Å². The topological polar surface area (TPSA) is 33.3 Å². The van der Waals surface area contributed by atoms with Crippen molar-refractivity contribution in [1.82, 2.24) is 11.0 Å². The zero-order valence-electron chi connectivity index (χ0n) is 2.49. The average Bonchev–Trinajstić information content (AvgIpc) is 1.76. The molecule has 0 aromatic carbocycles. The van der Waals surface area contributed by atoms with Gasteiger partial charge in [0.25, 0.3) is 0 Å². The molecule has 1 rings (SSSR count). The number of nitrogens with one attached hydrogen (secondary N) is 2. The Morgan fingerprint density at radius 1 is 1.80 bits per heavy atom. The Labute approximate surface area is 29.5 Å². The maximum atomic E-state index is 4.35. The molecule has 1 radical (unpaired) electrons. The van der Waals surface area contributed by atoms with Crippen molar-refractivity contribution < 1.29 is 4.84 Å². The van der Waals surface area contributed by atoms with Crippen molar-refractivity contribution in [2.75, 3.05) is 0 Å². The van der Waals surface area contributed by atoms with Gasteiger partial charge in [-0.15, -0.1) is 0 Å². The monoisotopic (exact) mass is 71.0 g/mol. The van der Waals surface area contributed by atoms with Crippen LogP contribution in [0, 0.1) is 6.20 Å². The van der Waals surface area contributed by atoms with Gasteiger partial charge >= 0.3 is 0 Å². The minimum Gasteiger partial charge on any atom is -0.395 e. The summed E-state index contributed by atoms with van der Waals surface area (Å²) in [6, 6.07) is 0. The molecule has 3 nitrogen and oxygen atoms in total. The molecule has 0 saturated carbocycles. The molecule has 0 unspecified atom stereocenters. The van der Waals surface area contributed by atoms with Crippen molar-refractivity contribution in [3.8, 4) is 0 Å². The molecule has 1 aliphatic heterocycles. The second-order valence-electron chi connectivity index (χ2n) is 0.607. The van der Waals surface area contributed by atoms with E-state index in [0.717, 1.165) is 0 Å². The Hall–Kier alpha value is -0.700. The van der Waals surface area contributed by atoms with Gasteiger partial charge in [0.1, 0.15) is 12.5 Å². The highest BCUT2D eigenvalue weighted by Crippen LogP contribution is 1.69. The van der Waals surface area contributed by atoms with E-state index in [1.54, 1.807) is 0 Å². The van der Waals surface area contributed by atoms with E-state index in [2.05, 4.69) is 22.1 Å². The molecular weight excluding hydrogens is 68.0 g/mol. The highest BCUT2D eigenvalue weighted by atomic mass is 16.7. The molecule has 3 heteroatoms. The van der Waals surface area contributed by atoms with Crippen molar-refractivity contribution in [1.29, 1.82) is 0 Å². The Morgan fingerprint density at radius 2 is 2.80 bits per heavy atom. The van der Waals surface area contributed by atoms with Gasteiger partial charge in [-0.25, -0.2) is 0 Å². The number of hydrogen-bond acceptors (Lipinski definition) is 3. The first-order valence-corrected chi connectivity index (χ1v) is 1.23. The summed E-state index contributed by atoms with van der Waals surface area (Å²) in [4.78, 5) is 4.35. The molecule has 1 heterocycles. The summed E-state index contributed by atoms with van der Waals surface area (Å²) in [7, 11) is 0. The van der Waals surface area contributed by atoms with Crippen molar-refractivity contribution in [2.45, 2.75) is 0 Å². The fourth-order valence-electron chi connectivity index (χ4n) is 0.147. The van der Waals surface area contributed by atoms with E-state index in [4.69, 9.17) is 0 Å². The summed E-state index contributed by atoms with van der Waals surface area (Å²) < 4.78 is 0. The van der Waals surface area contributed by atoms with Crippen molar-refractivity contribution in [3.63, 3.8) is 0 Å². The zero-order valence-corrected chi connectivity index (χ0v) is 2.49. The molecule has 0 aliphatic carbocycles. The van der Waals surface area contributed by atoms with E-state index in [1.807, 2.05) is 0 Å². The summed E-state index contributed by atoms with van der Waals surface area (Å²) in [5.74, 6) is 0. The molecule has 0 aromatic heterocycles. The Balaban J connectivity index is 2.32. The molecule has 0 atom stereocenters. The second kappa shape index (κ2) is 0.944. The lowest BCUT2D eigenvalue weighted by molar-refractivity contribution is 0.137. The van der Waals surface area contributed by atoms with Crippen LogP contribution >= 0.6 is 0 Å². The average molecular weight is 71.1 g/mol. The van der Waals surface area contributed by atoms with Crippen LogP contribution in [0.1, 0.15) is 0 Å². The summed E-state index contributed by atoms with van der Waals surface area (Å²) >= 11 is 0. The van der Waals surface area contributed by atoms with Gasteiger partial charge in [0.05, 0.1) is 0 Å². The largest absolute Gasteiger partial charge is 0.395 e. The van der Waals surface area contributed by atoms with Crippen LogP contribution in [0.2, 0.25) is 0 Å². The summed E-state index contributed by atoms with van der Waals surface area (Å²) in [6.07, 6.45) is 3.90. The van der Waals surface area contributed by atoms with Crippen molar-refractivity contribution in [3.05, 3.63) is 12.5 Å². The lowest BCUT2D eigenvalue weighted by Gasteiger charge is -1.84. The predicted octanol–water partition coefficient (Wildman–Crippen LogP) is -0.700. The molecule has 0 bridgehead atoms. The number of hydrogen-bond donors (Lipinski definition) is 2. The highest BCUT2D eigenvalue weighted by Gasteiger charge is 1.79. The van der Waals surface area contributed by atoms with Crippen LogP contribution in [0.3, 0.4) is 0 Å². The van der Waals surface area contributed by atoms with Gasteiger partial charge in [-0.3, -0.25) is 5.43 Å². The van der Waals surface area contributed by atoms with Gasteiger partial charge in [-0.1, -0.05) is 5.59 Å². The van der Waals surface area contributed by atoms with Crippen LogP contribution in [0.5, 0.6) is 0 Å². The molecule has 0 spiro atoms. The molecule has 27 valence electrons. The molecule has 2 N–H and O–H groups in total. The Kier molecular flexibility index (Phi) is 0.478. The van der Waals surface area contributed by atoms with Crippen LogP contribution in [0.15, 0.2) is 6.26 Å². The van der Waals surface area contributed by atoms with Gasteiger partial charge in [-0.05, 0) is 0 Å². The highest BCUT2D eigenvalue weighted by molar-refractivity contribution is 4.58. The molecule has 1 aliphatic rings. The van der Waals surface area contributed by atoms with E-state index in [9.17, 15) is 0 Å². The summed E-state index contributed by atoms with van der Waals surface area (Å²) in [6.45, 7) is 0. The van der Waals surface area contributed by atoms with Crippen LogP contribution in [0.4, 0.5) is 0 Å². The van der Waals surface area contributed by atoms with Gasteiger partial charge in [0, 0.05) is 0 Å². The van der Waals surface area contributed by atoms with Gasteiger partial charge in [0.15, 0.2) is 0 Å². The molecule has 0 saturated heterocycles. The Bertz CT molecular complexity index is 45.6. The zero-order chi connectivity index (χ0) is 3.54. The first-order valence-electron chi connectivity index (χ1n) is 1.23. The number of rotatable bonds is 0. The van der Waals surface area contributed by atoms with Crippen molar-refractivity contribution in [2.24, 2.45) is 0 Å². The fraction of sp³-hybridized carbons (Fsp3) is 0. The maximum absolute atomic E-state index is 4.35. The Morgan fingerprint density at radius 3 is 3.00 bits per heavy atom. The van der Waals surface area contributed by atoms with Gasteiger partial charge in [0.2, 0.25) is 0 Å². The van der Waals surface area contributed by atoms with E-state index in [0.29, 0.717) is 0 Å². The minimum absolute atomic E-state index is 1.39. The lowest BCUT2D eigenvalue weighted by Crippen LogP contribution is -2.18. The first kappa shape index (κ1) is 2.53. The van der Waals surface area contributed by atoms with Crippen LogP contribution in [-0.4, -0.2) is 0 Å². The minimum atomic E-state index is 1.39. The second-order valence-corrected chi connectivity index (χ2v) is 0.607. The summed E-state index contributed by atoms with van der Waals surface area (Å²) in [5.41, 5.74) is 4.75. The van der Waals surface area contributed by atoms with E-state index in [-0.39, 0.29) is 0 Å². The number of hydrazine groups is 1. The van der Waals surface area contributed by atoms with Gasteiger partial charge in [-0.2, -0.15) is 0 Å². The molecular formula is C2H3N2O. The third kappa shape index (κ3) is 0.302. The van der Waals surface area contributed by atoms with Crippen LogP contribution in [-0.2, 0) is 4.84 Å². The molecule has 0 aromatic rings. The van der Waals surface area contributed by atoms with Crippen LogP contribution < -0.4 is 11.0 Å². The third-order valence-corrected chi connectivity index (χ3v) is 0.300. The fourth-order valence-corrected chi connectivity index (χ4v) is 0.147. The lowest BCUT2D eigenvalue weighted by atomic mass is 11.0. The molecule has 0 amide bonds. The SMILES string of the molecule is [C]1=CONN1. The third-order valence-electron chi connectivity index (χ3n) is 0.300. The molecule has 5 heavy (non-hydrogen) atoms. The first-order chi connectivity index (χ1) is 2.50. The van der Waals surface area contributed by atoms with E-state index >= 15 is 0 Å². The standard InChI is InChI=1S/C2H3N2O/c1-2-5-4-3-1/h2-4H. The van der Waals surface area contributed by atoms with E-state index in [1.165, 1.54) is 6.26 Å².